The molecule has 1 aliphatic carbocycles. The fourth-order valence-electron chi connectivity index (χ4n) is 3.42. The minimum Gasteiger partial charge on any atom is -0.374 e. The Morgan fingerprint density at radius 1 is 1.22 bits per heavy atom. The highest BCUT2D eigenvalue weighted by atomic mass is 16.5. The molecule has 106 valence electrons. The summed E-state index contributed by atoms with van der Waals surface area (Å²) in [5.41, 5.74) is 0. The third-order valence-corrected chi connectivity index (χ3v) is 4.75. The molecule has 0 radical (unpaired) electrons. The summed E-state index contributed by atoms with van der Waals surface area (Å²) in [6, 6.07) is 0.784. The second kappa shape index (κ2) is 7.46. The molecule has 2 fully saturated rings. The van der Waals surface area contributed by atoms with Crippen LogP contribution in [0.15, 0.2) is 0 Å². The van der Waals surface area contributed by atoms with Crippen molar-refractivity contribution in [2.75, 3.05) is 33.3 Å². The molecule has 1 heterocycles. The van der Waals surface area contributed by atoms with E-state index in [0.29, 0.717) is 6.10 Å². The molecule has 2 rings (SSSR count). The molecule has 1 aliphatic heterocycles. The standard InChI is InChI=1S/C15H30N2O/c1-3-13-5-4-6-14(8-7-13)17(2)12-15-11-16-9-10-18-15/h13-16H,3-12H2,1-2H3. The second-order valence-electron chi connectivity index (χ2n) is 6.07. The molecule has 1 saturated heterocycles. The highest BCUT2D eigenvalue weighted by molar-refractivity contribution is 4.79. The van der Waals surface area contributed by atoms with Crippen LogP contribution in [0.4, 0.5) is 0 Å². The number of rotatable bonds is 4. The fraction of sp³-hybridized carbons (Fsp3) is 1.00. The quantitative estimate of drug-likeness (QED) is 0.779. The first-order valence-corrected chi connectivity index (χ1v) is 7.82. The van der Waals surface area contributed by atoms with Gasteiger partial charge in [0, 0.05) is 25.7 Å². The second-order valence-corrected chi connectivity index (χ2v) is 6.07. The van der Waals surface area contributed by atoms with Crippen molar-refractivity contribution in [1.29, 1.82) is 0 Å². The van der Waals surface area contributed by atoms with Gasteiger partial charge in [0.25, 0.3) is 0 Å². The van der Waals surface area contributed by atoms with Crippen LogP contribution in [0.3, 0.4) is 0 Å². The van der Waals surface area contributed by atoms with E-state index in [-0.39, 0.29) is 0 Å². The van der Waals surface area contributed by atoms with E-state index in [1.807, 2.05) is 0 Å². The maximum absolute atomic E-state index is 5.81. The Bertz CT molecular complexity index is 229. The average molecular weight is 254 g/mol. The van der Waals surface area contributed by atoms with Gasteiger partial charge in [-0.25, -0.2) is 0 Å². The van der Waals surface area contributed by atoms with Crippen LogP contribution in [0.2, 0.25) is 0 Å². The van der Waals surface area contributed by atoms with Crippen molar-refractivity contribution in [2.24, 2.45) is 5.92 Å². The molecule has 0 bridgehead atoms. The van der Waals surface area contributed by atoms with Crippen LogP contribution in [-0.2, 0) is 4.74 Å². The van der Waals surface area contributed by atoms with Crippen molar-refractivity contribution < 1.29 is 4.74 Å². The fourth-order valence-corrected chi connectivity index (χ4v) is 3.42. The molecule has 3 nitrogen and oxygen atoms in total. The van der Waals surface area contributed by atoms with Crippen molar-refractivity contribution >= 4 is 0 Å². The number of nitrogens with one attached hydrogen (secondary N) is 1. The van der Waals surface area contributed by atoms with Gasteiger partial charge < -0.3 is 15.0 Å². The first-order chi connectivity index (χ1) is 8.79. The topological polar surface area (TPSA) is 24.5 Å². The predicted molar refractivity (Wildman–Crippen MR) is 75.9 cm³/mol. The first-order valence-electron chi connectivity index (χ1n) is 7.82. The maximum atomic E-state index is 5.81. The van der Waals surface area contributed by atoms with Crippen LogP contribution in [0, 0.1) is 5.92 Å². The van der Waals surface area contributed by atoms with E-state index in [0.717, 1.165) is 38.2 Å². The summed E-state index contributed by atoms with van der Waals surface area (Å²) in [5.74, 6) is 0.982. The summed E-state index contributed by atoms with van der Waals surface area (Å²) in [6.45, 7) is 6.35. The molecule has 18 heavy (non-hydrogen) atoms. The monoisotopic (exact) mass is 254 g/mol. The van der Waals surface area contributed by atoms with Crippen molar-refractivity contribution in [1.82, 2.24) is 10.2 Å². The third kappa shape index (κ3) is 4.22. The molecule has 3 unspecified atom stereocenters. The highest BCUT2D eigenvalue weighted by Gasteiger charge is 2.23. The molecule has 3 atom stereocenters. The van der Waals surface area contributed by atoms with Gasteiger partial charge in [-0.15, -0.1) is 0 Å². The van der Waals surface area contributed by atoms with E-state index in [9.17, 15) is 0 Å². The van der Waals surface area contributed by atoms with Crippen LogP contribution < -0.4 is 5.32 Å². The van der Waals surface area contributed by atoms with E-state index in [1.54, 1.807) is 0 Å². The molecule has 0 amide bonds. The van der Waals surface area contributed by atoms with E-state index in [2.05, 4.69) is 24.2 Å². The van der Waals surface area contributed by atoms with Crippen molar-refractivity contribution in [3.05, 3.63) is 0 Å². The van der Waals surface area contributed by atoms with E-state index < -0.39 is 0 Å². The first kappa shape index (κ1) is 14.3. The molecular weight excluding hydrogens is 224 g/mol. The van der Waals surface area contributed by atoms with E-state index >= 15 is 0 Å². The lowest BCUT2D eigenvalue weighted by molar-refractivity contribution is 0.00154. The number of ether oxygens (including phenoxy) is 1. The van der Waals surface area contributed by atoms with Crippen LogP contribution >= 0.6 is 0 Å². The molecule has 0 aromatic heterocycles. The van der Waals surface area contributed by atoms with Gasteiger partial charge in [-0.05, 0) is 32.2 Å². The number of hydrogen-bond donors (Lipinski definition) is 1. The van der Waals surface area contributed by atoms with Gasteiger partial charge in [0.2, 0.25) is 0 Å². The lowest BCUT2D eigenvalue weighted by Crippen LogP contribution is -2.46. The summed E-state index contributed by atoms with van der Waals surface area (Å²) in [6.07, 6.45) is 8.82. The Hall–Kier alpha value is -0.120. The Labute approximate surface area is 112 Å². The van der Waals surface area contributed by atoms with Crippen LogP contribution in [0.1, 0.15) is 45.4 Å². The normalized spacial score (nSPS) is 34.5. The molecule has 3 heteroatoms. The molecule has 2 aliphatic rings. The highest BCUT2D eigenvalue weighted by Crippen LogP contribution is 2.27. The van der Waals surface area contributed by atoms with Gasteiger partial charge in [0.15, 0.2) is 0 Å². The molecule has 1 saturated carbocycles. The van der Waals surface area contributed by atoms with Crippen molar-refractivity contribution in [3.63, 3.8) is 0 Å². The van der Waals surface area contributed by atoms with Crippen LogP contribution in [0.25, 0.3) is 0 Å². The van der Waals surface area contributed by atoms with Crippen LogP contribution in [0.5, 0.6) is 0 Å². The summed E-state index contributed by atoms with van der Waals surface area (Å²) >= 11 is 0. The number of likely N-dealkylation sites (N-methyl/N-ethyl adjacent to an activating group) is 1. The number of nitrogens with zero attached hydrogens (tertiary/aromatic N) is 1. The largest absolute Gasteiger partial charge is 0.374 e. The third-order valence-electron chi connectivity index (χ3n) is 4.75. The van der Waals surface area contributed by atoms with Crippen LogP contribution in [-0.4, -0.2) is 50.3 Å². The minimum absolute atomic E-state index is 0.397. The van der Waals surface area contributed by atoms with Crippen molar-refractivity contribution in [2.45, 2.75) is 57.6 Å². The zero-order valence-electron chi connectivity index (χ0n) is 12.2. The lowest BCUT2D eigenvalue weighted by atomic mass is 9.97. The SMILES string of the molecule is CCC1CCCC(N(C)CC2CNCCO2)CC1. The predicted octanol–water partition coefficient (Wildman–Crippen LogP) is 2.27. The zero-order chi connectivity index (χ0) is 12.8. The van der Waals surface area contributed by atoms with E-state index in [1.165, 1.54) is 38.5 Å². The zero-order valence-corrected chi connectivity index (χ0v) is 12.2. The maximum Gasteiger partial charge on any atom is 0.0826 e. The summed E-state index contributed by atoms with van der Waals surface area (Å²) in [4.78, 5) is 2.55. The number of hydrogen-bond acceptors (Lipinski definition) is 3. The lowest BCUT2D eigenvalue weighted by Gasteiger charge is -2.32. The molecular formula is C15H30N2O. The van der Waals surface area contributed by atoms with Gasteiger partial charge in [-0.2, -0.15) is 0 Å². The Morgan fingerprint density at radius 2 is 2.11 bits per heavy atom. The Morgan fingerprint density at radius 3 is 2.83 bits per heavy atom. The summed E-state index contributed by atoms with van der Waals surface area (Å²) < 4.78 is 5.81. The van der Waals surface area contributed by atoms with Crippen molar-refractivity contribution in [3.8, 4) is 0 Å². The summed E-state index contributed by atoms with van der Waals surface area (Å²) in [5, 5.41) is 3.42. The van der Waals surface area contributed by atoms with Gasteiger partial charge in [0.05, 0.1) is 12.7 Å². The van der Waals surface area contributed by atoms with Gasteiger partial charge in [-0.1, -0.05) is 26.2 Å². The summed E-state index contributed by atoms with van der Waals surface area (Å²) in [7, 11) is 2.29. The Balaban J connectivity index is 1.75. The molecule has 0 aromatic carbocycles. The van der Waals surface area contributed by atoms with Gasteiger partial charge in [-0.3, -0.25) is 0 Å². The molecule has 0 aromatic rings. The van der Waals surface area contributed by atoms with Gasteiger partial charge in [0.1, 0.15) is 0 Å². The Kier molecular flexibility index (Phi) is 5.93. The smallest absolute Gasteiger partial charge is 0.0826 e. The minimum atomic E-state index is 0.397. The average Bonchev–Trinajstić information content (AvgIpc) is 2.65. The molecule has 0 spiro atoms. The van der Waals surface area contributed by atoms with Gasteiger partial charge >= 0.3 is 0 Å². The molecule has 1 N–H and O–H groups in total. The number of morpholine rings is 1. The van der Waals surface area contributed by atoms with E-state index in [4.69, 9.17) is 4.74 Å².